The van der Waals surface area contributed by atoms with Gasteiger partial charge in [-0.15, -0.1) is 0 Å². The minimum absolute atomic E-state index is 0.0325. The lowest BCUT2D eigenvalue weighted by molar-refractivity contribution is -0.138. The number of piperidine rings is 1. The number of carbonyl (C=O) groups excluding carboxylic acids is 1. The zero-order valence-corrected chi connectivity index (χ0v) is 13.2. The van der Waals surface area contributed by atoms with Crippen molar-refractivity contribution >= 4 is 17.6 Å². The Balaban J connectivity index is 1.75. The molecule has 1 amide bonds. The lowest BCUT2D eigenvalue weighted by Gasteiger charge is -2.35. The SMILES string of the molecule is CN(CC(=O)O)C1CCN(CC(=O)Nc2cccc(F)c2)CC1. The van der Waals surface area contributed by atoms with Crippen LogP contribution in [0.4, 0.5) is 10.1 Å². The fourth-order valence-corrected chi connectivity index (χ4v) is 2.83. The van der Waals surface area contributed by atoms with Gasteiger partial charge in [0.25, 0.3) is 0 Å². The number of rotatable bonds is 6. The van der Waals surface area contributed by atoms with E-state index in [-0.39, 0.29) is 30.9 Å². The normalized spacial score (nSPS) is 16.5. The van der Waals surface area contributed by atoms with Gasteiger partial charge in [0.15, 0.2) is 0 Å². The van der Waals surface area contributed by atoms with Crippen molar-refractivity contribution in [3.63, 3.8) is 0 Å². The van der Waals surface area contributed by atoms with E-state index in [1.165, 1.54) is 12.1 Å². The molecule has 2 rings (SSSR count). The van der Waals surface area contributed by atoms with E-state index < -0.39 is 5.97 Å². The number of halogens is 1. The molecule has 1 aromatic carbocycles. The second-order valence-electron chi connectivity index (χ2n) is 5.87. The molecular formula is C16H22FN3O3. The maximum absolute atomic E-state index is 13.1. The van der Waals surface area contributed by atoms with Gasteiger partial charge in [-0.05, 0) is 38.1 Å². The first-order valence-corrected chi connectivity index (χ1v) is 7.64. The molecule has 0 unspecified atom stereocenters. The van der Waals surface area contributed by atoms with E-state index in [0.717, 1.165) is 25.9 Å². The number of nitrogens with one attached hydrogen (secondary N) is 1. The Bertz CT molecular complexity index is 559. The zero-order valence-electron chi connectivity index (χ0n) is 13.2. The monoisotopic (exact) mass is 323 g/mol. The van der Waals surface area contributed by atoms with Crippen LogP contribution in [-0.4, -0.2) is 66.1 Å². The minimum atomic E-state index is -0.829. The Morgan fingerprint density at radius 1 is 1.39 bits per heavy atom. The fraction of sp³-hybridized carbons (Fsp3) is 0.500. The van der Waals surface area contributed by atoms with Crippen LogP contribution in [0.15, 0.2) is 24.3 Å². The second-order valence-corrected chi connectivity index (χ2v) is 5.87. The lowest BCUT2D eigenvalue weighted by Crippen LogP contribution is -2.46. The van der Waals surface area contributed by atoms with Crippen LogP contribution in [-0.2, 0) is 9.59 Å². The summed E-state index contributed by atoms with van der Waals surface area (Å²) in [5.41, 5.74) is 0.450. The topological polar surface area (TPSA) is 72.9 Å². The largest absolute Gasteiger partial charge is 0.480 e. The molecule has 6 nitrogen and oxygen atoms in total. The summed E-state index contributed by atoms with van der Waals surface area (Å²) >= 11 is 0. The molecule has 0 spiro atoms. The minimum Gasteiger partial charge on any atom is -0.480 e. The average molecular weight is 323 g/mol. The summed E-state index contributed by atoms with van der Waals surface area (Å²) in [6.45, 7) is 1.77. The molecule has 1 heterocycles. The highest BCUT2D eigenvalue weighted by atomic mass is 19.1. The van der Waals surface area contributed by atoms with Crippen LogP contribution in [0.1, 0.15) is 12.8 Å². The third-order valence-corrected chi connectivity index (χ3v) is 4.04. The van der Waals surface area contributed by atoms with Crippen LogP contribution in [0, 0.1) is 5.82 Å². The van der Waals surface area contributed by atoms with Gasteiger partial charge in [0.2, 0.25) is 5.91 Å². The highest BCUT2D eigenvalue weighted by Gasteiger charge is 2.24. The summed E-state index contributed by atoms with van der Waals surface area (Å²) in [5, 5.41) is 11.5. The second kappa shape index (κ2) is 8.03. The van der Waals surface area contributed by atoms with Crippen molar-refractivity contribution in [1.82, 2.24) is 9.80 Å². The van der Waals surface area contributed by atoms with Gasteiger partial charge in [0, 0.05) is 24.8 Å². The first kappa shape index (κ1) is 17.4. The first-order chi connectivity index (χ1) is 10.9. The lowest BCUT2D eigenvalue weighted by atomic mass is 10.0. The molecule has 0 radical (unpaired) electrons. The summed E-state index contributed by atoms with van der Waals surface area (Å²) in [4.78, 5) is 26.6. The quantitative estimate of drug-likeness (QED) is 0.824. The summed E-state index contributed by atoms with van der Waals surface area (Å²) in [7, 11) is 1.81. The van der Waals surface area contributed by atoms with Gasteiger partial charge in [-0.3, -0.25) is 19.4 Å². The van der Waals surface area contributed by atoms with E-state index in [4.69, 9.17) is 5.11 Å². The van der Waals surface area contributed by atoms with Crippen molar-refractivity contribution in [3.8, 4) is 0 Å². The predicted molar refractivity (Wildman–Crippen MR) is 84.8 cm³/mol. The molecule has 7 heteroatoms. The van der Waals surface area contributed by atoms with Crippen LogP contribution >= 0.6 is 0 Å². The number of hydrogen-bond donors (Lipinski definition) is 2. The number of hydrogen-bond acceptors (Lipinski definition) is 4. The molecule has 1 aliphatic heterocycles. The number of carboxylic acid groups (broad SMARTS) is 1. The van der Waals surface area contributed by atoms with Crippen LogP contribution in [0.3, 0.4) is 0 Å². The number of carboxylic acids is 1. The number of anilines is 1. The highest BCUT2D eigenvalue weighted by Crippen LogP contribution is 2.15. The first-order valence-electron chi connectivity index (χ1n) is 7.64. The van der Waals surface area contributed by atoms with Crippen molar-refractivity contribution in [3.05, 3.63) is 30.1 Å². The van der Waals surface area contributed by atoms with Gasteiger partial charge in [0.1, 0.15) is 5.82 Å². The van der Waals surface area contributed by atoms with E-state index in [0.29, 0.717) is 5.69 Å². The molecule has 0 bridgehead atoms. The molecule has 1 saturated heterocycles. The Labute approximate surface area is 134 Å². The molecule has 1 aliphatic rings. The van der Waals surface area contributed by atoms with E-state index in [1.54, 1.807) is 12.1 Å². The highest BCUT2D eigenvalue weighted by molar-refractivity contribution is 5.92. The Kier molecular flexibility index (Phi) is 6.06. The molecule has 126 valence electrons. The smallest absolute Gasteiger partial charge is 0.317 e. The van der Waals surface area contributed by atoms with Crippen molar-refractivity contribution in [2.24, 2.45) is 0 Å². The molecule has 0 aliphatic carbocycles. The Hall–Kier alpha value is -1.99. The molecule has 0 atom stereocenters. The van der Waals surface area contributed by atoms with Crippen molar-refractivity contribution in [1.29, 1.82) is 0 Å². The summed E-state index contributed by atoms with van der Waals surface area (Å²) in [5.74, 6) is -1.39. The van der Waals surface area contributed by atoms with Gasteiger partial charge >= 0.3 is 5.97 Å². The van der Waals surface area contributed by atoms with Gasteiger partial charge in [-0.1, -0.05) is 6.07 Å². The van der Waals surface area contributed by atoms with Gasteiger partial charge in [-0.2, -0.15) is 0 Å². The summed E-state index contributed by atoms with van der Waals surface area (Å²) in [6, 6.07) is 6.04. The summed E-state index contributed by atoms with van der Waals surface area (Å²) in [6.07, 6.45) is 1.66. The predicted octanol–water partition coefficient (Wildman–Crippen LogP) is 1.25. The van der Waals surface area contributed by atoms with Crippen LogP contribution in [0.2, 0.25) is 0 Å². The maximum atomic E-state index is 13.1. The van der Waals surface area contributed by atoms with E-state index in [9.17, 15) is 14.0 Å². The van der Waals surface area contributed by atoms with Gasteiger partial charge in [-0.25, -0.2) is 4.39 Å². The van der Waals surface area contributed by atoms with E-state index in [2.05, 4.69) is 5.32 Å². The Morgan fingerprint density at radius 3 is 2.70 bits per heavy atom. The average Bonchev–Trinajstić information content (AvgIpc) is 2.47. The third kappa shape index (κ3) is 5.61. The Morgan fingerprint density at radius 2 is 2.09 bits per heavy atom. The molecule has 23 heavy (non-hydrogen) atoms. The standard InChI is InChI=1S/C16H22FN3O3/c1-19(11-16(22)23)14-5-7-20(8-6-14)10-15(21)18-13-4-2-3-12(17)9-13/h2-4,9,14H,5-8,10-11H2,1H3,(H,18,21)(H,22,23). The van der Waals surface area contributed by atoms with Crippen LogP contribution < -0.4 is 5.32 Å². The maximum Gasteiger partial charge on any atom is 0.317 e. The van der Waals surface area contributed by atoms with E-state index in [1.807, 2.05) is 16.8 Å². The van der Waals surface area contributed by atoms with E-state index >= 15 is 0 Å². The number of benzene rings is 1. The number of aliphatic carboxylic acids is 1. The molecule has 1 aromatic rings. The van der Waals surface area contributed by atoms with Crippen molar-refractivity contribution in [2.45, 2.75) is 18.9 Å². The van der Waals surface area contributed by atoms with Crippen LogP contribution in [0.5, 0.6) is 0 Å². The van der Waals surface area contributed by atoms with Crippen molar-refractivity contribution < 1.29 is 19.1 Å². The number of carbonyl (C=O) groups is 2. The fourth-order valence-electron chi connectivity index (χ4n) is 2.83. The molecule has 1 fully saturated rings. The number of likely N-dealkylation sites (N-methyl/N-ethyl adjacent to an activating group) is 1. The van der Waals surface area contributed by atoms with Gasteiger partial charge < -0.3 is 10.4 Å². The molecule has 0 aromatic heterocycles. The zero-order chi connectivity index (χ0) is 16.8. The van der Waals surface area contributed by atoms with Crippen molar-refractivity contribution in [2.75, 3.05) is 38.5 Å². The summed E-state index contributed by atoms with van der Waals surface area (Å²) < 4.78 is 13.1. The van der Waals surface area contributed by atoms with Gasteiger partial charge in [0.05, 0.1) is 13.1 Å². The molecule has 2 N–H and O–H groups in total. The molecular weight excluding hydrogens is 301 g/mol. The molecule has 0 saturated carbocycles. The number of amides is 1. The number of nitrogens with zero attached hydrogens (tertiary/aromatic N) is 2. The third-order valence-electron chi connectivity index (χ3n) is 4.04. The van der Waals surface area contributed by atoms with Crippen LogP contribution in [0.25, 0.3) is 0 Å². The number of likely N-dealkylation sites (tertiary alicyclic amines) is 1.